The molecule has 12 heteroatoms. The van der Waals surface area contributed by atoms with Crippen molar-refractivity contribution in [2.75, 3.05) is 28.2 Å². The van der Waals surface area contributed by atoms with E-state index in [0.717, 1.165) is 0 Å². The number of rotatable bonds is 0. The number of nitrogens with zero attached hydrogens (tertiary/aromatic N) is 4. The van der Waals surface area contributed by atoms with Crippen molar-refractivity contribution in [3.8, 4) is 0 Å². The molecule has 144 valence electrons. The van der Waals surface area contributed by atoms with Gasteiger partial charge in [0.1, 0.15) is 0 Å². The Morgan fingerprint density at radius 3 is 1.54 bits per heavy atom. The molecule has 2 N–H and O–H groups in total. The molecule has 0 aromatic carbocycles. The van der Waals surface area contributed by atoms with Crippen molar-refractivity contribution >= 4 is 53.3 Å². The van der Waals surface area contributed by atoms with Crippen molar-refractivity contribution in [3.05, 3.63) is 0 Å². The van der Waals surface area contributed by atoms with Gasteiger partial charge in [0.2, 0.25) is 0 Å². The molecule has 0 radical (unpaired) electrons. The van der Waals surface area contributed by atoms with Gasteiger partial charge in [-0.15, -0.1) is 0 Å². The van der Waals surface area contributed by atoms with Crippen LogP contribution >= 0.6 is 0 Å². The molecule has 1 saturated heterocycles. The largest absolute Gasteiger partial charge is 0.346 e. The first-order valence-corrected chi connectivity index (χ1v) is 23.4. The van der Waals surface area contributed by atoms with Crippen molar-refractivity contribution < 1.29 is 0 Å². The van der Waals surface area contributed by atoms with Crippen molar-refractivity contribution in [3.63, 3.8) is 0 Å². The summed E-state index contributed by atoms with van der Waals surface area (Å²) >= 11 is 0. The Labute approximate surface area is 160 Å². The van der Waals surface area contributed by atoms with Crippen LogP contribution < -0.4 is 9.30 Å². The average molecular weight is 439 g/mol. The lowest BCUT2D eigenvalue weighted by molar-refractivity contribution is 0.539. The lowest BCUT2D eigenvalue weighted by Crippen LogP contribution is -2.82. The van der Waals surface area contributed by atoms with E-state index in [2.05, 4.69) is 107 Å². The first-order chi connectivity index (χ1) is 10.6. The molecule has 6 nitrogen and oxygen atoms in total. The van der Waals surface area contributed by atoms with Crippen LogP contribution in [0.4, 0.5) is 0 Å². The molecule has 1 fully saturated rings. The van der Waals surface area contributed by atoms with Gasteiger partial charge in [0.15, 0.2) is 53.3 Å². The number of nitrogens with one attached hydrogen (secondary N) is 2. The second kappa shape index (κ2) is 7.59. The second-order valence-corrected chi connectivity index (χ2v) is 33.1. The third kappa shape index (κ3) is 4.30. The van der Waals surface area contributed by atoms with Crippen LogP contribution in [0.2, 0.25) is 52.4 Å². The highest BCUT2D eigenvalue weighted by Gasteiger charge is 2.51. The molecule has 0 aromatic rings. The van der Waals surface area contributed by atoms with E-state index < -0.39 is 33.6 Å². The summed E-state index contributed by atoms with van der Waals surface area (Å²) in [4.78, 5) is 0. The summed E-state index contributed by atoms with van der Waals surface area (Å²) in [6, 6.07) is 0. The Hall–Kier alpha value is 1.06. The maximum Gasteiger partial charge on any atom is 0.188 e. The van der Waals surface area contributed by atoms with Crippen LogP contribution in [-0.4, -0.2) is 98.4 Å². The van der Waals surface area contributed by atoms with Gasteiger partial charge < -0.3 is 26.2 Å². The first-order valence-electron chi connectivity index (χ1n) is 8.98. The molecule has 0 spiro atoms. The third-order valence-corrected chi connectivity index (χ3v) is 37.8. The van der Waals surface area contributed by atoms with Crippen molar-refractivity contribution in [2.45, 2.75) is 52.4 Å². The average Bonchev–Trinajstić information content (AvgIpc) is 2.47. The highest BCUT2D eigenvalue weighted by atomic mass is 28.5. The smallest absolute Gasteiger partial charge is 0.188 e. The SMILES string of the molecule is CN1[SiH2]N[SiH2]N[Si](C)(C)N(C)[Si](C)(C)N(C)[Si](C)(C)N(C)[Si]1(C)C. The minimum atomic E-state index is -1.68. The van der Waals surface area contributed by atoms with Crippen LogP contribution in [0.3, 0.4) is 0 Å². The van der Waals surface area contributed by atoms with E-state index in [1.807, 2.05) is 0 Å². The van der Waals surface area contributed by atoms with E-state index in [4.69, 9.17) is 0 Å². The summed E-state index contributed by atoms with van der Waals surface area (Å²) in [6.45, 7) is 20.2. The lowest BCUT2D eigenvalue weighted by atomic mass is 11.5. The maximum atomic E-state index is 4.02. The molecule has 0 amide bonds. The number of hydrogen-bond acceptors (Lipinski definition) is 6. The first kappa shape index (κ1) is 23.1. The molecular formula is C12H42N6Si6. The van der Waals surface area contributed by atoms with Gasteiger partial charge >= 0.3 is 0 Å². The fraction of sp³-hybridized carbons (Fsp3) is 1.00. The molecule has 0 aromatic heterocycles. The van der Waals surface area contributed by atoms with Crippen LogP contribution in [0.15, 0.2) is 0 Å². The molecule has 1 heterocycles. The summed E-state index contributed by atoms with van der Waals surface area (Å²) in [7, 11) is 2.34. The lowest BCUT2D eigenvalue weighted by Gasteiger charge is -2.58. The molecule has 0 bridgehead atoms. The minimum absolute atomic E-state index is 0.362. The molecule has 1 aliphatic heterocycles. The molecule has 1 rings (SSSR count). The summed E-state index contributed by atoms with van der Waals surface area (Å²) in [5, 5.41) is 0. The highest BCUT2D eigenvalue weighted by Crippen LogP contribution is 2.28. The van der Waals surface area contributed by atoms with Gasteiger partial charge in [0.05, 0.1) is 0 Å². The Morgan fingerprint density at radius 1 is 0.625 bits per heavy atom. The summed E-state index contributed by atoms with van der Waals surface area (Å²) in [5.41, 5.74) is 0. The van der Waals surface area contributed by atoms with E-state index in [-0.39, 0.29) is 19.7 Å². The third-order valence-electron chi connectivity index (χ3n) is 6.87. The fourth-order valence-corrected chi connectivity index (χ4v) is 34.5. The van der Waals surface area contributed by atoms with Gasteiger partial charge in [0.25, 0.3) is 0 Å². The van der Waals surface area contributed by atoms with Crippen LogP contribution in [0.1, 0.15) is 0 Å². The quantitative estimate of drug-likeness (QED) is 0.506. The zero-order valence-electron chi connectivity index (χ0n) is 18.2. The molecule has 1 aliphatic rings. The Kier molecular flexibility index (Phi) is 7.31. The van der Waals surface area contributed by atoms with E-state index in [1.54, 1.807) is 0 Å². The monoisotopic (exact) mass is 438 g/mol. The van der Waals surface area contributed by atoms with Gasteiger partial charge in [-0.3, -0.25) is 0 Å². The van der Waals surface area contributed by atoms with Crippen molar-refractivity contribution in [2.24, 2.45) is 0 Å². The van der Waals surface area contributed by atoms with Gasteiger partial charge in [-0.05, 0) is 80.6 Å². The molecule has 0 unspecified atom stereocenters. The molecule has 0 saturated carbocycles. The molecular weight excluding hydrogens is 397 g/mol. The summed E-state index contributed by atoms with van der Waals surface area (Å²) in [5.74, 6) is 0. The fourth-order valence-electron chi connectivity index (χ4n) is 3.54. The number of hydrogen-bond donors (Lipinski definition) is 2. The normalized spacial score (nSPS) is 32.5. The van der Waals surface area contributed by atoms with Crippen molar-refractivity contribution in [1.82, 2.24) is 26.2 Å². The van der Waals surface area contributed by atoms with E-state index in [9.17, 15) is 0 Å². The van der Waals surface area contributed by atoms with Crippen LogP contribution in [0.25, 0.3) is 0 Å². The topological polar surface area (TPSA) is 37.0 Å². The molecule has 0 atom stereocenters. The Balaban J connectivity index is 3.36. The molecule has 24 heavy (non-hydrogen) atoms. The van der Waals surface area contributed by atoms with Crippen LogP contribution in [-0.2, 0) is 0 Å². The van der Waals surface area contributed by atoms with Crippen molar-refractivity contribution in [1.29, 1.82) is 0 Å². The van der Waals surface area contributed by atoms with Gasteiger partial charge in [-0.2, -0.15) is 0 Å². The van der Waals surface area contributed by atoms with Crippen LogP contribution in [0.5, 0.6) is 0 Å². The molecule has 0 aliphatic carbocycles. The van der Waals surface area contributed by atoms with E-state index >= 15 is 0 Å². The predicted molar refractivity (Wildman–Crippen MR) is 124 cm³/mol. The van der Waals surface area contributed by atoms with Gasteiger partial charge in [-0.25, -0.2) is 0 Å². The van der Waals surface area contributed by atoms with E-state index in [1.165, 1.54) is 0 Å². The Bertz CT molecular complexity index is 446. The summed E-state index contributed by atoms with van der Waals surface area (Å²) in [6.07, 6.45) is 0. The second-order valence-electron chi connectivity index (χ2n) is 9.18. The van der Waals surface area contributed by atoms with Crippen LogP contribution in [0, 0.1) is 0 Å². The highest BCUT2D eigenvalue weighted by molar-refractivity contribution is 6.99. The predicted octanol–water partition coefficient (Wildman–Crippen LogP) is -0.289. The minimum Gasteiger partial charge on any atom is -0.346 e. The standard InChI is InChI=1S/C12H42N6Si6/c1-15-20-13-19-14-21(5,6)16(2)23(9,10)18(4)24(11,12)17(3)22(15,7)8/h13-14H,19-20H2,1-12H3. The zero-order chi connectivity index (χ0) is 19.1. The van der Waals surface area contributed by atoms with Gasteiger partial charge in [-0.1, -0.05) is 0 Å². The maximum absolute atomic E-state index is 4.02. The Morgan fingerprint density at radius 2 is 1.04 bits per heavy atom. The van der Waals surface area contributed by atoms with E-state index in [0.29, 0.717) is 0 Å². The summed E-state index contributed by atoms with van der Waals surface area (Å²) < 4.78 is 19.1. The van der Waals surface area contributed by atoms with Gasteiger partial charge in [0, 0.05) is 0 Å². The zero-order valence-corrected chi connectivity index (χ0v) is 25.0.